The van der Waals surface area contributed by atoms with Gasteiger partial charge >= 0.3 is 0 Å². The van der Waals surface area contributed by atoms with Gasteiger partial charge < -0.3 is 13.7 Å². The third kappa shape index (κ3) is 4.44. The number of fused-ring (bicyclic) bond motifs is 8. The number of para-hydroxylation sites is 2. The van der Waals surface area contributed by atoms with E-state index in [0.29, 0.717) is 0 Å². The summed E-state index contributed by atoms with van der Waals surface area (Å²) in [4.78, 5) is 2.35. The molecule has 0 radical (unpaired) electrons. The zero-order valence-electron chi connectivity index (χ0n) is 26.5. The molecule has 0 aliphatic heterocycles. The molecule has 0 amide bonds. The fourth-order valence-electron chi connectivity index (χ4n) is 7.34. The molecule has 0 N–H and O–H groups in total. The summed E-state index contributed by atoms with van der Waals surface area (Å²) in [6.07, 6.45) is 0. The Balaban J connectivity index is 1.31. The average Bonchev–Trinajstić information content (AvgIpc) is 3.75. The van der Waals surface area contributed by atoms with E-state index < -0.39 is 0 Å². The van der Waals surface area contributed by atoms with Crippen molar-refractivity contribution in [2.45, 2.75) is 0 Å². The van der Waals surface area contributed by atoms with Crippen LogP contribution in [-0.4, -0.2) is 0 Å². The summed E-state index contributed by atoms with van der Waals surface area (Å²) >= 11 is 0. The Kier molecular flexibility index (Phi) is 6.18. The molecule has 10 rings (SSSR count). The topological polar surface area (TPSA) is 29.5 Å². The van der Waals surface area contributed by atoms with Gasteiger partial charge in [0.25, 0.3) is 0 Å². The van der Waals surface area contributed by atoms with E-state index in [1.807, 2.05) is 12.1 Å². The van der Waals surface area contributed by atoms with Gasteiger partial charge in [-0.2, -0.15) is 0 Å². The van der Waals surface area contributed by atoms with Gasteiger partial charge in [0, 0.05) is 27.2 Å². The predicted octanol–water partition coefficient (Wildman–Crippen LogP) is 13.4. The summed E-state index contributed by atoms with van der Waals surface area (Å²) in [5.41, 5.74) is 11.0. The lowest BCUT2D eigenvalue weighted by atomic mass is 9.99. The number of nitrogens with zero attached hydrogens (tertiary/aromatic N) is 1. The Morgan fingerprint density at radius 3 is 1.78 bits per heavy atom. The second-order valence-electron chi connectivity index (χ2n) is 12.5. The number of benzene rings is 8. The molecule has 8 aromatic carbocycles. The van der Waals surface area contributed by atoms with E-state index in [2.05, 4.69) is 169 Å². The van der Waals surface area contributed by atoms with Crippen LogP contribution in [0.2, 0.25) is 0 Å². The maximum atomic E-state index is 6.85. The summed E-state index contributed by atoms with van der Waals surface area (Å²) < 4.78 is 13.5. The molecule has 0 bridgehead atoms. The highest BCUT2D eigenvalue weighted by Gasteiger charge is 2.25. The zero-order chi connectivity index (χ0) is 32.3. The van der Waals surface area contributed by atoms with Crippen LogP contribution in [0.3, 0.4) is 0 Å². The molecule has 0 spiro atoms. The number of rotatable bonds is 5. The van der Waals surface area contributed by atoms with E-state index in [4.69, 9.17) is 8.83 Å². The molecular weight excluding hydrogens is 599 g/mol. The minimum absolute atomic E-state index is 0.838. The lowest BCUT2D eigenvalue weighted by Crippen LogP contribution is -2.11. The van der Waals surface area contributed by atoms with Crippen molar-refractivity contribution in [3.63, 3.8) is 0 Å². The van der Waals surface area contributed by atoms with Crippen LogP contribution in [0.1, 0.15) is 0 Å². The molecule has 10 aromatic rings. The summed E-state index contributed by atoms with van der Waals surface area (Å²) in [7, 11) is 0. The van der Waals surface area contributed by atoms with E-state index in [-0.39, 0.29) is 0 Å². The van der Waals surface area contributed by atoms with E-state index >= 15 is 0 Å². The van der Waals surface area contributed by atoms with Gasteiger partial charge in [0.2, 0.25) is 0 Å². The van der Waals surface area contributed by atoms with Crippen molar-refractivity contribution >= 4 is 71.7 Å². The molecule has 230 valence electrons. The quantitative estimate of drug-likeness (QED) is 0.190. The molecule has 3 nitrogen and oxygen atoms in total. The highest BCUT2D eigenvalue weighted by atomic mass is 16.3. The SMILES string of the molecule is c1ccc(-c2ccc(N(c3cccc4c3oc3ccccc34)c3cc(-c4ccccc4)cc4oc5c6ccccc6ccc5c34)cc2)cc1. The third-order valence-electron chi connectivity index (χ3n) is 9.65. The highest BCUT2D eigenvalue weighted by Crippen LogP contribution is 2.48. The molecule has 0 fully saturated rings. The van der Waals surface area contributed by atoms with Crippen LogP contribution < -0.4 is 4.90 Å². The molecule has 0 atom stereocenters. The van der Waals surface area contributed by atoms with Crippen molar-refractivity contribution < 1.29 is 8.83 Å². The number of furan rings is 2. The Morgan fingerprint density at radius 2 is 0.980 bits per heavy atom. The van der Waals surface area contributed by atoms with Crippen LogP contribution in [0.5, 0.6) is 0 Å². The smallest absolute Gasteiger partial charge is 0.159 e. The minimum Gasteiger partial charge on any atom is -0.455 e. The second kappa shape index (κ2) is 11.0. The van der Waals surface area contributed by atoms with E-state index in [1.165, 1.54) is 5.56 Å². The van der Waals surface area contributed by atoms with Crippen LogP contribution in [0.4, 0.5) is 17.1 Å². The van der Waals surface area contributed by atoms with Crippen LogP contribution in [0, 0.1) is 0 Å². The molecule has 0 unspecified atom stereocenters. The Labute approximate surface area is 282 Å². The lowest BCUT2D eigenvalue weighted by Gasteiger charge is -2.27. The van der Waals surface area contributed by atoms with Gasteiger partial charge in [0.15, 0.2) is 5.58 Å². The van der Waals surface area contributed by atoms with Crippen molar-refractivity contribution in [3.8, 4) is 22.3 Å². The van der Waals surface area contributed by atoms with Gasteiger partial charge in [-0.25, -0.2) is 0 Å². The van der Waals surface area contributed by atoms with Crippen LogP contribution in [-0.2, 0) is 0 Å². The first-order valence-electron chi connectivity index (χ1n) is 16.6. The van der Waals surface area contributed by atoms with Gasteiger partial charge in [-0.1, -0.05) is 133 Å². The fourth-order valence-corrected chi connectivity index (χ4v) is 7.34. The molecule has 0 aliphatic rings. The number of anilines is 3. The summed E-state index contributed by atoms with van der Waals surface area (Å²) in [5.74, 6) is 0. The number of hydrogen-bond donors (Lipinski definition) is 0. The monoisotopic (exact) mass is 627 g/mol. The third-order valence-corrected chi connectivity index (χ3v) is 9.65. The maximum absolute atomic E-state index is 6.85. The largest absolute Gasteiger partial charge is 0.455 e. The normalized spacial score (nSPS) is 11.7. The summed E-state index contributed by atoms with van der Waals surface area (Å²) in [5, 5.41) is 6.56. The van der Waals surface area contributed by atoms with Crippen LogP contribution in [0.25, 0.3) is 76.9 Å². The van der Waals surface area contributed by atoms with Crippen LogP contribution in [0.15, 0.2) is 185 Å². The molecule has 49 heavy (non-hydrogen) atoms. The first kappa shape index (κ1) is 27.5. The Morgan fingerprint density at radius 1 is 0.347 bits per heavy atom. The van der Waals surface area contributed by atoms with Crippen LogP contribution >= 0.6 is 0 Å². The van der Waals surface area contributed by atoms with Crippen molar-refractivity contribution in [3.05, 3.63) is 176 Å². The second-order valence-corrected chi connectivity index (χ2v) is 12.5. The fraction of sp³-hybridized carbons (Fsp3) is 0. The van der Waals surface area contributed by atoms with Crippen molar-refractivity contribution in [1.29, 1.82) is 0 Å². The molecular formula is C46H29NO2. The van der Waals surface area contributed by atoms with Gasteiger partial charge in [-0.15, -0.1) is 0 Å². The molecule has 3 heteroatoms. The van der Waals surface area contributed by atoms with E-state index in [0.717, 1.165) is 88.4 Å². The van der Waals surface area contributed by atoms with Crippen molar-refractivity contribution in [1.82, 2.24) is 0 Å². The number of hydrogen-bond acceptors (Lipinski definition) is 3. The highest BCUT2D eigenvalue weighted by molar-refractivity contribution is 6.21. The molecule has 0 saturated heterocycles. The Hall–Kier alpha value is -6.58. The minimum atomic E-state index is 0.838. The Bertz CT molecular complexity index is 2810. The van der Waals surface area contributed by atoms with Crippen molar-refractivity contribution in [2.75, 3.05) is 4.90 Å². The van der Waals surface area contributed by atoms with Gasteiger partial charge in [0.1, 0.15) is 16.7 Å². The maximum Gasteiger partial charge on any atom is 0.159 e. The van der Waals surface area contributed by atoms with E-state index in [1.54, 1.807) is 0 Å². The first-order chi connectivity index (χ1) is 24.3. The average molecular weight is 628 g/mol. The summed E-state index contributed by atoms with van der Waals surface area (Å²) in [6, 6.07) is 61.9. The predicted molar refractivity (Wildman–Crippen MR) is 204 cm³/mol. The molecule has 0 saturated carbocycles. The molecule has 2 aromatic heterocycles. The summed E-state index contributed by atoms with van der Waals surface area (Å²) in [6.45, 7) is 0. The van der Waals surface area contributed by atoms with Gasteiger partial charge in [-0.3, -0.25) is 0 Å². The van der Waals surface area contributed by atoms with E-state index in [9.17, 15) is 0 Å². The molecule has 0 aliphatic carbocycles. The first-order valence-corrected chi connectivity index (χ1v) is 16.6. The van der Waals surface area contributed by atoms with Gasteiger partial charge in [0.05, 0.1) is 16.8 Å². The lowest BCUT2D eigenvalue weighted by molar-refractivity contribution is 0.669. The zero-order valence-corrected chi connectivity index (χ0v) is 26.5. The van der Waals surface area contributed by atoms with Crippen molar-refractivity contribution in [2.24, 2.45) is 0 Å². The molecule has 2 heterocycles. The standard InChI is InChI=1S/C46H29NO2/c1-3-12-30(13-4-1)32-22-25-35(26-23-32)47(40-20-11-19-38-37-18-9-10-21-42(37)48-46(38)40)41-28-34(31-14-5-2-6-15-31)29-43-44(41)39-27-24-33-16-7-8-17-36(33)45(39)49-43/h1-29H. The van der Waals surface area contributed by atoms with Gasteiger partial charge in [-0.05, 0) is 70.1 Å².